The summed E-state index contributed by atoms with van der Waals surface area (Å²) >= 11 is 0. The summed E-state index contributed by atoms with van der Waals surface area (Å²) in [7, 11) is 0. The van der Waals surface area contributed by atoms with Crippen LogP contribution in [0.4, 0.5) is 24.7 Å². The van der Waals surface area contributed by atoms with Gasteiger partial charge in [0.25, 0.3) is 5.91 Å². The van der Waals surface area contributed by atoms with Crippen molar-refractivity contribution in [3.8, 4) is 0 Å². The standard InChI is InChI=1S/C23H25F3N4O3/c24-23(25,26)18-5-3-17(4-6-18)22(32)30-10-7-16(8-11-30)21(31)28-19-2-1-9-27-20(19)29-12-14-33-15-13-29/h1-6,9,16H,7-8,10-15H2,(H,28,31). The lowest BCUT2D eigenvalue weighted by Gasteiger charge is -2.32. The molecule has 2 aromatic rings. The maximum atomic E-state index is 12.9. The van der Waals surface area contributed by atoms with Gasteiger partial charge in [-0.2, -0.15) is 13.2 Å². The maximum absolute atomic E-state index is 12.9. The minimum atomic E-state index is -4.44. The van der Waals surface area contributed by atoms with Crippen molar-refractivity contribution in [2.24, 2.45) is 5.92 Å². The fraction of sp³-hybridized carbons (Fsp3) is 0.435. The van der Waals surface area contributed by atoms with E-state index in [2.05, 4.69) is 15.2 Å². The minimum absolute atomic E-state index is 0.126. The van der Waals surface area contributed by atoms with Gasteiger partial charge < -0.3 is 19.9 Å². The lowest BCUT2D eigenvalue weighted by Crippen LogP contribution is -2.41. The van der Waals surface area contributed by atoms with Gasteiger partial charge in [0.15, 0.2) is 5.82 Å². The molecule has 2 saturated heterocycles. The predicted octanol–water partition coefficient (Wildman–Crippen LogP) is 3.43. The molecule has 1 N–H and O–H groups in total. The average Bonchev–Trinajstić information content (AvgIpc) is 2.84. The molecule has 0 spiro atoms. The van der Waals surface area contributed by atoms with Crippen molar-refractivity contribution in [2.75, 3.05) is 49.6 Å². The molecular formula is C23H25F3N4O3. The van der Waals surface area contributed by atoms with E-state index in [4.69, 9.17) is 4.74 Å². The van der Waals surface area contributed by atoms with Crippen molar-refractivity contribution in [2.45, 2.75) is 19.0 Å². The van der Waals surface area contributed by atoms with Gasteiger partial charge in [-0.05, 0) is 49.2 Å². The molecule has 0 atom stereocenters. The molecule has 7 nitrogen and oxygen atoms in total. The summed E-state index contributed by atoms with van der Waals surface area (Å²) in [6, 6.07) is 7.80. The number of morpholine rings is 1. The van der Waals surface area contributed by atoms with Crippen molar-refractivity contribution in [1.82, 2.24) is 9.88 Å². The number of nitrogens with zero attached hydrogens (tertiary/aromatic N) is 3. The van der Waals surface area contributed by atoms with Gasteiger partial charge in [-0.15, -0.1) is 0 Å². The van der Waals surface area contributed by atoms with Crippen molar-refractivity contribution in [3.05, 3.63) is 53.7 Å². The Hall–Kier alpha value is -3.14. The summed E-state index contributed by atoms with van der Waals surface area (Å²) in [6.45, 7) is 3.34. The number of halogens is 3. The summed E-state index contributed by atoms with van der Waals surface area (Å²) in [4.78, 5) is 33.6. The normalized spacial score (nSPS) is 17.7. The van der Waals surface area contributed by atoms with Gasteiger partial charge in [-0.25, -0.2) is 4.98 Å². The number of carbonyl (C=O) groups is 2. The summed E-state index contributed by atoms with van der Waals surface area (Å²) in [5.41, 5.74) is 0.0605. The Morgan fingerprint density at radius 1 is 1.00 bits per heavy atom. The molecule has 4 rings (SSSR count). The van der Waals surface area contributed by atoms with Crippen LogP contribution in [0.15, 0.2) is 42.6 Å². The second-order valence-corrected chi connectivity index (χ2v) is 8.10. The number of hydrogen-bond donors (Lipinski definition) is 1. The molecule has 0 aliphatic carbocycles. The van der Waals surface area contributed by atoms with Crippen LogP contribution in [-0.4, -0.2) is 61.1 Å². The number of ether oxygens (including phenoxy) is 1. The number of benzene rings is 1. The van der Waals surface area contributed by atoms with Crippen LogP contribution in [0.3, 0.4) is 0 Å². The van der Waals surface area contributed by atoms with Gasteiger partial charge in [0, 0.05) is 43.9 Å². The second-order valence-electron chi connectivity index (χ2n) is 8.10. The molecule has 0 unspecified atom stereocenters. The van der Waals surface area contributed by atoms with E-state index < -0.39 is 11.7 Å². The van der Waals surface area contributed by atoms with E-state index in [0.717, 1.165) is 12.1 Å². The molecule has 2 aliphatic rings. The maximum Gasteiger partial charge on any atom is 0.416 e. The first-order valence-electron chi connectivity index (χ1n) is 10.9. The molecule has 1 aromatic carbocycles. The van der Waals surface area contributed by atoms with Gasteiger partial charge in [0.2, 0.25) is 5.91 Å². The van der Waals surface area contributed by atoms with E-state index in [9.17, 15) is 22.8 Å². The number of alkyl halides is 3. The van der Waals surface area contributed by atoms with Crippen LogP contribution in [0, 0.1) is 5.92 Å². The van der Waals surface area contributed by atoms with Crippen LogP contribution in [-0.2, 0) is 15.7 Å². The molecular weight excluding hydrogens is 437 g/mol. The first-order valence-corrected chi connectivity index (χ1v) is 10.9. The topological polar surface area (TPSA) is 74.8 Å². The van der Waals surface area contributed by atoms with E-state index in [1.165, 1.54) is 12.1 Å². The van der Waals surface area contributed by atoms with Gasteiger partial charge in [0.05, 0.1) is 24.5 Å². The minimum Gasteiger partial charge on any atom is -0.378 e. The fourth-order valence-electron chi connectivity index (χ4n) is 4.09. The second kappa shape index (κ2) is 9.78. The third-order valence-electron chi connectivity index (χ3n) is 5.97. The summed E-state index contributed by atoms with van der Waals surface area (Å²) in [5.74, 6) is -0.00736. The molecule has 0 saturated carbocycles. The molecule has 2 amide bonds. The molecule has 1 aromatic heterocycles. The van der Waals surface area contributed by atoms with Crippen LogP contribution in [0.5, 0.6) is 0 Å². The zero-order chi connectivity index (χ0) is 23.4. The highest BCUT2D eigenvalue weighted by atomic mass is 19.4. The smallest absolute Gasteiger partial charge is 0.378 e. The Morgan fingerprint density at radius 3 is 2.30 bits per heavy atom. The van der Waals surface area contributed by atoms with E-state index in [1.54, 1.807) is 17.2 Å². The third kappa shape index (κ3) is 5.44. The van der Waals surface area contributed by atoms with Crippen LogP contribution >= 0.6 is 0 Å². The summed E-state index contributed by atoms with van der Waals surface area (Å²) in [6.07, 6.45) is -1.80. The Balaban J connectivity index is 1.34. The number of hydrogen-bond acceptors (Lipinski definition) is 5. The average molecular weight is 462 g/mol. The summed E-state index contributed by atoms with van der Waals surface area (Å²) in [5, 5.41) is 2.98. The molecule has 2 fully saturated rings. The quantitative estimate of drug-likeness (QED) is 0.754. The number of aromatic nitrogens is 1. The number of anilines is 2. The molecule has 33 heavy (non-hydrogen) atoms. The van der Waals surface area contributed by atoms with Gasteiger partial charge in [0.1, 0.15) is 0 Å². The molecule has 176 valence electrons. The number of carbonyl (C=O) groups excluding carboxylic acids is 2. The van der Waals surface area contributed by atoms with Crippen LogP contribution in [0.25, 0.3) is 0 Å². The number of likely N-dealkylation sites (tertiary alicyclic amines) is 1. The zero-order valence-corrected chi connectivity index (χ0v) is 18.0. The molecule has 2 aliphatic heterocycles. The monoisotopic (exact) mass is 462 g/mol. The first kappa shape index (κ1) is 23.0. The van der Waals surface area contributed by atoms with Crippen molar-refractivity contribution in [1.29, 1.82) is 0 Å². The van der Waals surface area contributed by atoms with E-state index in [-0.39, 0.29) is 23.3 Å². The highest BCUT2D eigenvalue weighted by molar-refractivity contribution is 5.96. The SMILES string of the molecule is O=C(Nc1cccnc1N1CCOCC1)C1CCN(C(=O)c2ccc(C(F)(F)F)cc2)CC1. The number of piperidine rings is 1. The predicted molar refractivity (Wildman–Crippen MR) is 116 cm³/mol. The Kier molecular flexibility index (Phi) is 6.83. The fourth-order valence-corrected chi connectivity index (χ4v) is 4.09. The lowest BCUT2D eigenvalue weighted by atomic mass is 9.95. The number of nitrogens with one attached hydrogen (secondary N) is 1. The first-order chi connectivity index (χ1) is 15.8. The molecule has 3 heterocycles. The molecule has 0 bridgehead atoms. The van der Waals surface area contributed by atoms with Gasteiger partial charge in [-0.1, -0.05) is 0 Å². The van der Waals surface area contributed by atoms with Gasteiger partial charge in [-0.3, -0.25) is 9.59 Å². The Morgan fingerprint density at radius 2 is 1.67 bits per heavy atom. The summed E-state index contributed by atoms with van der Waals surface area (Å²) < 4.78 is 43.6. The largest absolute Gasteiger partial charge is 0.416 e. The molecule has 10 heteroatoms. The van der Waals surface area contributed by atoms with Crippen molar-refractivity contribution >= 4 is 23.3 Å². The highest BCUT2D eigenvalue weighted by Gasteiger charge is 2.32. The van der Waals surface area contributed by atoms with Crippen molar-refractivity contribution in [3.63, 3.8) is 0 Å². The zero-order valence-electron chi connectivity index (χ0n) is 18.0. The lowest BCUT2D eigenvalue weighted by molar-refractivity contribution is -0.137. The van der Waals surface area contributed by atoms with E-state index in [1.807, 2.05) is 6.07 Å². The van der Waals surface area contributed by atoms with Crippen molar-refractivity contribution < 1.29 is 27.5 Å². The van der Waals surface area contributed by atoms with E-state index >= 15 is 0 Å². The highest BCUT2D eigenvalue weighted by Crippen LogP contribution is 2.30. The van der Waals surface area contributed by atoms with Gasteiger partial charge >= 0.3 is 6.18 Å². The number of amides is 2. The number of rotatable bonds is 4. The van der Waals surface area contributed by atoms with E-state index in [0.29, 0.717) is 63.7 Å². The van der Waals surface area contributed by atoms with Crippen LogP contribution < -0.4 is 10.2 Å². The molecule has 0 radical (unpaired) electrons. The Bertz CT molecular complexity index is 983. The van der Waals surface area contributed by atoms with Crippen LogP contribution in [0.2, 0.25) is 0 Å². The number of pyridine rings is 1. The third-order valence-corrected chi connectivity index (χ3v) is 5.97. The Labute approximate surface area is 189 Å². The van der Waals surface area contributed by atoms with Crippen LogP contribution in [0.1, 0.15) is 28.8 Å².